The molecule has 3 nitrogen and oxygen atoms in total. The van der Waals surface area contributed by atoms with Gasteiger partial charge in [-0.1, -0.05) is 25.9 Å². The summed E-state index contributed by atoms with van der Waals surface area (Å²) in [6.07, 6.45) is 2.10. The Kier molecular flexibility index (Phi) is 1.88. The van der Waals surface area contributed by atoms with Crippen LogP contribution in [-0.4, -0.2) is 24.4 Å². The first-order chi connectivity index (χ1) is 6.02. The minimum atomic E-state index is 0.00259. The maximum Gasteiger partial charge on any atom is 0.156 e. The van der Waals surface area contributed by atoms with Crippen LogP contribution in [0.2, 0.25) is 0 Å². The maximum absolute atomic E-state index is 5.57. The summed E-state index contributed by atoms with van der Waals surface area (Å²) in [5, 5.41) is 7.55. The average molecular weight is 182 g/mol. The van der Waals surface area contributed by atoms with E-state index in [0.29, 0.717) is 0 Å². The van der Waals surface area contributed by atoms with Crippen LogP contribution in [0.4, 0.5) is 0 Å². The molecule has 1 spiro atoms. The smallest absolute Gasteiger partial charge is 0.156 e. The minimum absolute atomic E-state index is 0.00259. The minimum Gasteiger partial charge on any atom is -0.387 e. The highest BCUT2D eigenvalue weighted by Crippen LogP contribution is 2.35. The van der Waals surface area contributed by atoms with Crippen molar-refractivity contribution in [3.8, 4) is 0 Å². The third-order valence-corrected chi connectivity index (χ3v) is 2.91. The predicted octanol–water partition coefficient (Wildman–Crippen LogP) is 1.54. The van der Waals surface area contributed by atoms with Gasteiger partial charge >= 0.3 is 0 Å². The molecule has 0 aromatic carbocycles. The molecule has 1 N–H and O–H groups in total. The van der Waals surface area contributed by atoms with Crippen molar-refractivity contribution in [3.05, 3.63) is 0 Å². The maximum atomic E-state index is 5.57. The molecule has 0 aromatic heterocycles. The molecule has 0 amide bonds. The Morgan fingerprint density at radius 3 is 2.69 bits per heavy atom. The van der Waals surface area contributed by atoms with Crippen molar-refractivity contribution < 1.29 is 4.84 Å². The Morgan fingerprint density at radius 2 is 2.23 bits per heavy atom. The van der Waals surface area contributed by atoms with Gasteiger partial charge in [-0.15, -0.1) is 0 Å². The van der Waals surface area contributed by atoms with Crippen molar-refractivity contribution >= 4 is 5.71 Å². The molecule has 0 aliphatic carbocycles. The molecular formula is C10H18N2O. The Labute approximate surface area is 79.5 Å². The fourth-order valence-electron chi connectivity index (χ4n) is 1.87. The lowest BCUT2D eigenvalue weighted by atomic mass is 9.83. The highest BCUT2D eigenvalue weighted by molar-refractivity contribution is 5.90. The second kappa shape index (κ2) is 2.71. The molecule has 1 atom stereocenters. The van der Waals surface area contributed by atoms with Crippen LogP contribution in [0, 0.1) is 5.41 Å². The molecule has 0 radical (unpaired) electrons. The van der Waals surface area contributed by atoms with E-state index < -0.39 is 0 Å². The monoisotopic (exact) mass is 182 g/mol. The fourth-order valence-corrected chi connectivity index (χ4v) is 1.87. The first-order valence-corrected chi connectivity index (χ1v) is 4.98. The van der Waals surface area contributed by atoms with E-state index >= 15 is 0 Å². The van der Waals surface area contributed by atoms with E-state index in [1.165, 1.54) is 5.71 Å². The van der Waals surface area contributed by atoms with Crippen LogP contribution >= 0.6 is 0 Å². The second-order valence-corrected chi connectivity index (χ2v) is 5.17. The van der Waals surface area contributed by atoms with Crippen LogP contribution in [0.1, 0.15) is 33.6 Å². The van der Waals surface area contributed by atoms with Crippen molar-refractivity contribution in [3.63, 3.8) is 0 Å². The van der Waals surface area contributed by atoms with Gasteiger partial charge < -0.3 is 10.2 Å². The van der Waals surface area contributed by atoms with Crippen molar-refractivity contribution in [2.45, 2.75) is 39.2 Å². The zero-order valence-electron chi connectivity index (χ0n) is 8.68. The highest BCUT2D eigenvalue weighted by Gasteiger charge is 2.44. The lowest BCUT2D eigenvalue weighted by Gasteiger charge is -2.21. The van der Waals surface area contributed by atoms with Gasteiger partial charge in [-0.3, -0.25) is 0 Å². The van der Waals surface area contributed by atoms with Crippen LogP contribution < -0.4 is 5.32 Å². The number of hydrogen-bond acceptors (Lipinski definition) is 3. The SMILES string of the molecule is CC(C)(C)C1=NOC2(CCNC2)C1. The zero-order valence-corrected chi connectivity index (χ0v) is 8.68. The van der Waals surface area contributed by atoms with Gasteiger partial charge in [-0.05, 0) is 6.54 Å². The molecule has 2 rings (SSSR count). The molecule has 1 unspecified atom stereocenters. The first-order valence-electron chi connectivity index (χ1n) is 4.98. The van der Waals surface area contributed by atoms with Crippen molar-refractivity contribution in [2.24, 2.45) is 10.6 Å². The van der Waals surface area contributed by atoms with Crippen LogP contribution in [-0.2, 0) is 4.84 Å². The molecule has 0 aromatic rings. The molecule has 2 aliphatic rings. The molecule has 3 heteroatoms. The average Bonchev–Trinajstić information content (AvgIpc) is 2.60. The molecule has 0 saturated carbocycles. The number of nitrogens with zero attached hydrogens (tertiary/aromatic N) is 1. The summed E-state index contributed by atoms with van der Waals surface area (Å²) in [7, 11) is 0. The van der Waals surface area contributed by atoms with Crippen LogP contribution in [0.3, 0.4) is 0 Å². The van der Waals surface area contributed by atoms with E-state index in [1.807, 2.05) is 0 Å². The zero-order chi connectivity index (χ0) is 9.53. The summed E-state index contributed by atoms with van der Waals surface area (Å²) < 4.78 is 0. The lowest BCUT2D eigenvalue weighted by Crippen LogP contribution is -2.33. The van der Waals surface area contributed by atoms with Crippen LogP contribution in [0.25, 0.3) is 0 Å². The van der Waals surface area contributed by atoms with E-state index in [4.69, 9.17) is 4.84 Å². The Bertz CT molecular complexity index is 234. The Morgan fingerprint density at radius 1 is 1.46 bits per heavy atom. The molecule has 1 saturated heterocycles. The van der Waals surface area contributed by atoms with Crippen molar-refractivity contribution in [1.82, 2.24) is 5.32 Å². The fraction of sp³-hybridized carbons (Fsp3) is 0.900. The van der Waals surface area contributed by atoms with E-state index in [9.17, 15) is 0 Å². The number of oxime groups is 1. The summed E-state index contributed by atoms with van der Waals surface area (Å²) in [5.74, 6) is 0. The van der Waals surface area contributed by atoms with Gasteiger partial charge in [0, 0.05) is 24.8 Å². The van der Waals surface area contributed by atoms with Gasteiger partial charge in [0.2, 0.25) is 0 Å². The summed E-state index contributed by atoms with van der Waals surface area (Å²) in [6, 6.07) is 0. The number of rotatable bonds is 0. The molecule has 0 bridgehead atoms. The molecular weight excluding hydrogens is 164 g/mol. The molecule has 2 heterocycles. The third-order valence-electron chi connectivity index (χ3n) is 2.91. The second-order valence-electron chi connectivity index (χ2n) is 5.17. The van der Waals surface area contributed by atoms with Crippen LogP contribution in [0.5, 0.6) is 0 Å². The molecule has 74 valence electrons. The van der Waals surface area contributed by atoms with Gasteiger partial charge in [-0.25, -0.2) is 0 Å². The Hall–Kier alpha value is -0.570. The molecule has 13 heavy (non-hydrogen) atoms. The summed E-state index contributed by atoms with van der Waals surface area (Å²) >= 11 is 0. The van der Waals surface area contributed by atoms with Crippen molar-refractivity contribution in [2.75, 3.05) is 13.1 Å². The van der Waals surface area contributed by atoms with E-state index in [1.54, 1.807) is 0 Å². The van der Waals surface area contributed by atoms with Crippen LogP contribution in [0.15, 0.2) is 5.16 Å². The predicted molar refractivity (Wildman–Crippen MR) is 52.8 cm³/mol. The van der Waals surface area contributed by atoms with E-state index in [0.717, 1.165) is 25.9 Å². The summed E-state index contributed by atoms with van der Waals surface area (Å²) in [5.41, 5.74) is 1.37. The van der Waals surface area contributed by atoms with Gasteiger partial charge in [0.15, 0.2) is 5.60 Å². The molecule has 2 aliphatic heterocycles. The Balaban J connectivity index is 2.06. The first kappa shape index (κ1) is 9.00. The molecule has 1 fully saturated rings. The largest absolute Gasteiger partial charge is 0.387 e. The summed E-state index contributed by atoms with van der Waals surface area (Å²) in [4.78, 5) is 5.57. The van der Waals surface area contributed by atoms with Gasteiger partial charge in [0.25, 0.3) is 0 Å². The van der Waals surface area contributed by atoms with Gasteiger partial charge in [-0.2, -0.15) is 0 Å². The quantitative estimate of drug-likeness (QED) is 0.616. The topological polar surface area (TPSA) is 33.6 Å². The van der Waals surface area contributed by atoms with Gasteiger partial charge in [0.05, 0.1) is 5.71 Å². The van der Waals surface area contributed by atoms with E-state index in [2.05, 4.69) is 31.2 Å². The van der Waals surface area contributed by atoms with E-state index in [-0.39, 0.29) is 11.0 Å². The highest BCUT2D eigenvalue weighted by atomic mass is 16.7. The normalized spacial score (nSPS) is 33.6. The van der Waals surface area contributed by atoms with Gasteiger partial charge in [0.1, 0.15) is 0 Å². The third kappa shape index (κ3) is 1.57. The number of hydrogen-bond donors (Lipinski definition) is 1. The standard InChI is InChI=1S/C10H18N2O/c1-9(2,3)8-6-10(13-12-8)4-5-11-7-10/h11H,4-7H2,1-3H3. The summed E-state index contributed by atoms with van der Waals surface area (Å²) in [6.45, 7) is 8.59. The lowest BCUT2D eigenvalue weighted by molar-refractivity contribution is -0.00191. The van der Waals surface area contributed by atoms with Crippen molar-refractivity contribution in [1.29, 1.82) is 0 Å². The number of nitrogens with one attached hydrogen (secondary N) is 1.